The average Bonchev–Trinajstić information content (AvgIpc) is 3.01. The lowest BCUT2D eigenvalue weighted by atomic mass is 10.0. The van der Waals surface area contributed by atoms with Crippen LogP contribution in [0.2, 0.25) is 0 Å². The topological polar surface area (TPSA) is 323 Å². The molecule has 6 amide bonds. The molecule has 49 heavy (non-hydrogen) atoms. The Bertz CT molecular complexity index is 1170. The van der Waals surface area contributed by atoms with Crippen molar-refractivity contribution < 1.29 is 43.8 Å². The van der Waals surface area contributed by atoms with E-state index in [0.717, 1.165) is 0 Å². The first-order valence-electron chi connectivity index (χ1n) is 15.8. The molecule has 0 heterocycles. The van der Waals surface area contributed by atoms with E-state index in [-0.39, 0.29) is 44.1 Å². The Labute approximate surface area is 290 Å². The van der Waals surface area contributed by atoms with Gasteiger partial charge in [0.05, 0.1) is 12.6 Å². The van der Waals surface area contributed by atoms with Gasteiger partial charge in [0.2, 0.25) is 35.4 Å². The van der Waals surface area contributed by atoms with Gasteiger partial charge in [-0.25, -0.2) is 4.79 Å². The number of aliphatic hydroxyl groups excluding tert-OH is 1. The van der Waals surface area contributed by atoms with E-state index in [0.29, 0.717) is 5.75 Å². The van der Waals surface area contributed by atoms with Gasteiger partial charge in [-0.1, -0.05) is 13.8 Å². The van der Waals surface area contributed by atoms with Crippen molar-refractivity contribution in [2.24, 2.45) is 28.1 Å². The fraction of sp³-hybridized carbons (Fsp3) is 0.724. The molecule has 0 bridgehead atoms. The van der Waals surface area contributed by atoms with Crippen LogP contribution < -0.4 is 49.1 Å². The second-order valence-corrected chi connectivity index (χ2v) is 12.8. The summed E-state index contributed by atoms with van der Waals surface area (Å²) in [6.07, 6.45) is 1.11. The number of carboxylic acid groups (broad SMARTS) is 1. The smallest absolute Gasteiger partial charge is 0.326 e. The van der Waals surface area contributed by atoms with Gasteiger partial charge in [-0.15, -0.1) is 0 Å². The van der Waals surface area contributed by atoms with Crippen molar-refractivity contribution in [3.63, 3.8) is 0 Å². The van der Waals surface area contributed by atoms with Crippen molar-refractivity contribution in [2.75, 3.05) is 25.1 Å². The molecule has 0 aliphatic rings. The number of hydrogen-bond acceptors (Lipinski definition) is 11. The van der Waals surface area contributed by atoms with Gasteiger partial charge >= 0.3 is 5.97 Å². The number of carbonyl (C=O) groups is 7. The Morgan fingerprint density at radius 3 is 1.67 bits per heavy atom. The molecule has 280 valence electrons. The summed E-state index contributed by atoms with van der Waals surface area (Å²) in [5, 5.41) is 34.2. The van der Waals surface area contributed by atoms with Crippen LogP contribution in [0.25, 0.3) is 0 Å². The van der Waals surface area contributed by atoms with E-state index >= 15 is 0 Å². The highest BCUT2D eigenvalue weighted by Gasteiger charge is 2.32. The third-order valence-electron chi connectivity index (χ3n) is 6.91. The zero-order valence-electron chi connectivity index (χ0n) is 28.9. The lowest BCUT2D eigenvalue weighted by Crippen LogP contribution is -2.60. The van der Waals surface area contributed by atoms with Gasteiger partial charge < -0.3 is 59.3 Å². The second kappa shape index (κ2) is 23.2. The molecule has 0 aliphatic carbocycles. The van der Waals surface area contributed by atoms with Crippen molar-refractivity contribution in [3.8, 4) is 0 Å². The Morgan fingerprint density at radius 1 is 0.714 bits per heavy atom. The van der Waals surface area contributed by atoms with Gasteiger partial charge in [-0.05, 0) is 64.4 Å². The second-order valence-electron chi connectivity index (χ2n) is 11.8. The Morgan fingerprint density at radius 2 is 1.22 bits per heavy atom. The molecule has 0 saturated carbocycles. The quantitative estimate of drug-likeness (QED) is 0.0275. The van der Waals surface area contributed by atoms with E-state index in [2.05, 4.69) is 36.9 Å². The standard InChI is InChI=1S/C29H54N10O9S/c1-14(2)12-20(38-27(46)22(17(5)40)39-21(41)13-30)26(45)35-15(3)23(42)36-18(9-11-49-6)25(44)34-16(4)24(43)37-19(28(47)48)8-7-10-33-29(31)32/h14-20,22,40H,7-13,30H2,1-6H3,(H,34,44)(H,35,45)(H,36,42)(H,37,43)(H,38,46)(H,39,41)(H,47,48)(H4,31,32,33). The molecule has 19 nitrogen and oxygen atoms in total. The van der Waals surface area contributed by atoms with Crippen LogP contribution in [0, 0.1) is 5.92 Å². The maximum atomic E-state index is 13.2. The van der Waals surface area contributed by atoms with Crippen LogP contribution in [0.15, 0.2) is 4.99 Å². The molecule has 0 radical (unpaired) electrons. The summed E-state index contributed by atoms with van der Waals surface area (Å²) < 4.78 is 0. The molecule has 0 spiro atoms. The number of nitrogens with one attached hydrogen (secondary N) is 6. The van der Waals surface area contributed by atoms with E-state index < -0.39 is 90.3 Å². The number of nitrogens with two attached hydrogens (primary N) is 3. The van der Waals surface area contributed by atoms with Gasteiger partial charge in [-0.3, -0.25) is 33.8 Å². The first kappa shape index (κ1) is 44.8. The molecule has 14 N–H and O–H groups in total. The predicted molar refractivity (Wildman–Crippen MR) is 184 cm³/mol. The minimum absolute atomic E-state index is 0.0300. The van der Waals surface area contributed by atoms with Gasteiger partial charge in [0.15, 0.2) is 5.96 Å². The third-order valence-corrected chi connectivity index (χ3v) is 7.56. The number of aliphatic carboxylic acids is 1. The van der Waals surface area contributed by atoms with Crippen molar-refractivity contribution >= 4 is 59.1 Å². The largest absolute Gasteiger partial charge is 0.480 e. The Balaban J connectivity index is 5.54. The molecule has 0 rings (SSSR count). The lowest BCUT2D eigenvalue weighted by Gasteiger charge is -2.27. The first-order chi connectivity index (χ1) is 22.8. The number of carbonyl (C=O) groups excluding carboxylic acids is 6. The molecule has 0 fully saturated rings. The number of carboxylic acids is 1. The number of hydrogen-bond donors (Lipinski definition) is 11. The molecule has 7 atom stereocenters. The van der Waals surface area contributed by atoms with E-state index in [1.54, 1.807) is 20.1 Å². The van der Waals surface area contributed by atoms with Crippen LogP contribution in [0.3, 0.4) is 0 Å². The normalized spacial score (nSPS) is 15.2. The fourth-order valence-corrected chi connectivity index (χ4v) is 4.69. The number of aliphatic hydroxyl groups is 1. The van der Waals surface area contributed by atoms with E-state index in [1.165, 1.54) is 32.5 Å². The summed E-state index contributed by atoms with van der Waals surface area (Å²) in [6.45, 7) is 7.36. The van der Waals surface area contributed by atoms with Crippen molar-refractivity contribution in [1.29, 1.82) is 0 Å². The molecule has 0 saturated heterocycles. The number of thioether (sulfide) groups is 1. The molecule has 0 aliphatic heterocycles. The molecular formula is C29H54N10O9S. The van der Waals surface area contributed by atoms with Crippen LogP contribution in [0.5, 0.6) is 0 Å². The van der Waals surface area contributed by atoms with Crippen LogP contribution in [0.1, 0.15) is 60.3 Å². The first-order valence-corrected chi connectivity index (χ1v) is 17.2. The molecule has 0 aromatic heterocycles. The fourth-order valence-electron chi connectivity index (χ4n) is 4.22. The number of guanidine groups is 1. The van der Waals surface area contributed by atoms with Gasteiger partial charge in [0, 0.05) is 6.54 Å². The summed E-state index contributed by atoms with van der Waals surface area (Å²) in [6, 6.07) is -7.25. The maximum absolute atomic E-state index is 13.2. The summed E-state index contributed by atoms with van der Waals surface area (Å²) in [5.41, 5.74) is 15.8. The molecule has 20 heteroatoms. The number of nitrogens with zero attached hydrogens (tertiary/aromatic N) is 1. The van der Waals surface area contributed by atoms with E-state index in [4.69, 9.17) is 17.2 Å². The van der Waals surface area contributed by atoms with Crippen LogP contribution in [0.4, 0.5) is 0 Å². The zero-order valence-corrected chi connectivity index (χ0v) is 29.7. The van der Waals surface area contributed by atoms with Gasteiger partial charge in [0.1, 0.15) is 36.3 Å². The molecule has 0 aromatic rings. The molecule has 0 aromatic carbocycles. The SMILES string of the molecule is CSCCC(NC(=O)C(C)NC(=O)C(CC(C)C)NC(=O)C(NC(=O)CN)C(C)O)C(=O)NC(C)C(=O)NC(CCCN=C(N)N)C(=O)O. The Hall–Kier alpha value is -4.17. The van der Waals surface area contributed by atoms with E-state index in [9.17, 15) is 43.8 Å². The average molecular weight is 719 g/mol. The van der Waals surface area contributed by atoms with E-state index in [1.807, 2.05) is 0 Å². The van der Waals surface area contributed by atoms with Crippen molar-refractivity contribution in [1.82, 2.24) is 31.9 Å². The van der Waals surface area contributed by atoms with Crippen molar-refractivity contribution in [2.45, 2.75) is 103 Å². The maximum Gasteiger partial charge on any atom is 0.326 e. The predicted octanol–water partition coefficient (Wildman–Crippen LogP) is -3.79. The summed E-state index contributed by atoms with van der Waals surface area (Å²) in [4.78, 5) is 92.2. The van der Waals surface area contributed by atoms with Gasteiger partial charge in [-0.2, -0.15) is 11.8 Å². The highest BCUT2D eigenvalue weighted by Crippen LogP contribution is 2.08. The highest BCUT2D eigenvalue weighted by atomic mass is 32.2. The van der Waals surface area contributed by atoms with Crippen LogP contribution >= 0.6 is 11.8 Å². The lowest BCUT2D eigenvalue weighted by molar-refractivity contribution is -0.142. The summed E-state index contributed by atoms with van der Waals surface area (Å²) in [5.74, 6) is -5.52. The highest BCUT2D eigenvalue weighted by molar-refractivity contribution is 7.98. The Kier molecular flexibility index (Phi) is 21.3. The number of amides is 6. The van der Waals surface area contributed by atoms with Crippen LogP contribution in [-0.2, 0) is 33.6 Å². The molecular weight excluding hydrogens is 664 g/mol. The minimum Gasteiger partial charge on any atom is -0.480 e. The van der Waals surface area contributed by atoms with Gasteiger partial charge in [0.25, 0.3) is 0 Å². The van der Waals surface area contributed by atoms with Crippen LogP contribution in [-0.4, -0.2) is 125 Å². The monoisotopic (exact) mass is 718 g/mol. The van der Waals surface area contributed by atoms with Crippen molar-refractivity contribution in [3.05, 3.63) is 0 Å². The number of aliphatic imine (C=N–C) groups is 1. The minimum atomic E-state index is -1.38. The third kappa shape index (κ3) is 18.2. The summed E-state index contributed by atoms with van der Waals surface area (Å²) >= 11 is 1.40. The molecule has 7 unspecified atom stereocenters. The zero-order chi connectivity index (χ0) is 37.8. The summed E-state index contributed by atoms with van der Waals surface area (Å²) in [7, 11) is 0. The number of rotatable bonds is 23.